The Morgan fingerprint density at radius 2 is 1.85 bits per heavy atom. The van der Waals surface area contributed by atoms with Crippen molar-refractivity contribution in [2.75, 3.05) is 6.54 Å². The summed E-state index contributed by atoms with van der Waals surface area (Å²) in [5.74, 6) is 0. The highest BCUT2D eigenvalue weighted by Crippen LogP contribution is 2.36. The summed E-state index contributed by atoms with van der Waals surface area (Å²) in [6.45, 7) is 5.31. The van der Waals surface area contributed by atoms with Crippen LogP contribution in [0.5, 0.6) is 0 Å². The van der Waals surface area contributed by atoms with Crippen LogP contribution in [0.15, 0.2) is 61.2 Å². The number of nitrogens with one attached hydrogen (secondary N) is 1. The number of hydrogen-bond donors (Lipinski definition) is 1. The summed E-state index contributed by atoms with van der Waals surface area (Å²) >= 11 is 8.89. The van der Waals surface area contributed by atoms with Gasteiger partial charge in [0.25, 0.3) is 0 Å². The van der Waals surface area contributed by atoms with E-state index in [4.69, 9.17) is 0 Å². The SMILES string of the molecule is CCNC(C)c1ccc(Br)cc1Sc1cccc(Br)c1. The Balaban J connectivity index is 2.32. The monoisotopic (exact) mass is 413 g/mol. The molecule has 1 N–H and O–H groups in total. The fourth-order valence-corrected chi connectivity index (χ4v) is 4.23. The van der Waals surface area contributed by atoms with Gasteiger partial charge in [0.1, 0.15) is 0 Å². The van der Waals surface area contributed by atoms with E-state index in [9.17, 15) is 0 Å². The molecule has 0 heterocycles. The van der Waals surface area contributed by atoms with Gasteiger partial charge >= 0.3 is 0 Å². The van der Waals surface area contributed by atoms with Crippen LogP contribution in [0.4, 0.5) is 0 Å². The van der Waals surface area contributed by atoms with Gasteiger partial charge in [-0.25, -0.2) is 0 Å². The molecule has 2 rings (SSSR count). The highest BCUT2D eigenvalue weighted by atomic mass is 79.9. The lowest BCUT2D eigenvalue weighted by atomic mass is 10.1. The lowest BCUT2D eigenvalue weighted by molar-refractivity contribution is 0.589. The maximum absolute atomic E-state index is 3.57. The van der Waals surface area contributed by atoms with Gasteiger partial charge in [0, 0.05) is 24.8 Å². The zero-order chi connectivity index (χ0) is 14.5. The Morgan fingerprint density at radius 1 is 1.10 bits per heavy atom. The van der Waals surface area contributed by atoms with E-state index < -0.39 is 0 Å². The third-order valence-electron chi connectivity index (χ3n) is 2.98. The van der Waals surface area contributed by atoms with Crippen molar-refractivity contribution >= 4 is 43.6 Å². The van der Waals surface area contributed by atoms with Crippen molar-refractivity contribution in [2.45, 2.75) is 29.7 Å². The lowest BCUT2D eigenvalue weighted by Gasteiger charge is -2.17. The van der Waals surface area contributed by atoms with E-state index in [1.807, 2.05) is 6.07 Å². The van der Waals surface area contributed by atoms with Gasteiger partial charge in [0.15, 0.2) is 0 Å². The minimum atomic E-state index is 0.350. The van der Waals surface area contributed by atoms with Crippen molar-refractivity contribution in [3.8, 4) is 0 Å². The van der Waals surface area contributed by atoms with Crippen molar-refractivity contribution in [2.24, 2.45) is 0 Å². The smallest absolute Gasteiger partial charge is 0.0302 e. The number of hydrogen-bond acceptors (Lipinski definition) is 2. The van der Waals surface area contributed by atoms with E-state index in [1.54, 1.807) is 11.8 Å². The van der Waals surface area contributed by atoms with E-state index in [1.165, 1.54) is 15.4 Å². The van der Waals surface area contributed by atoms with Gasteiger partial charge in [-0.3, -0.25) is 0 Å². The van der Waals surface area contributed by atoms with Crippen LogP contribution >= 0.6 is 43.6 Å². The van der Waals surface area contributed by atoms with E-state index in [2.05, 4.69) is 87.4 Å². The molecule has 0 spiro atoms. The van der Waals surface area contributed by atoms with Gasteiger partial charge in [-0.2, -0.15) is 0 Å². The summed E-state index contributed by atoms with van der Waals surface area (Å²) in [7, 11) is 0. The number of benzene rings is 2. The first-order chi connectivity index (χ1) is 9.60. The second-order valence-corrected chi connectivity index (χ2v) is 7.47. The highest BCUT2D eigenvalue weighted by Gasteiger charge is 2.11. The average molecular weight is 415 g/mol. The van der Waals surface area contributed by atoms with E-state index in [0.717, 1.165) is 15.5 Å². The lowest BCUT2D eigenvalue weighted by Crippen LogP contribution is -2.18. The first-order valence-electron chi connectivity index (χ1n) is 6.56. The molecule has 0 aliphatic rings. The molecule has 0 fully saturated rings. The minimum Gasteiger partial charge on any atom is -0.310 e. The zero-order valence-corrected chi connectivity index (χ0v) is 15.5. The summed E-state index contributed by atoms with van der Waals surface area (Å²) < 4.78 is 2.22. The van der Waals surface area contributed by atoms with Crippen molar-refractivity contribution in [1.29, 1.82) is 0 Å². The molecule has 1 unspecified atom stereocenters. The van der Waals surface area contributed by atoms with E-state index in [0.29, 0.717) is 6.04 Å². The molecule has 1 atom stereocenters. The largest absolute Gasteiger partial charge is 0.310 e. The van der Waals surface area contributed by atoms with Gasteiger partial charge in [-0.1, -0.05) is 62.7 Å². The van der Waals surface area contributed by atoms with Crippen LogP contribution in [0, 0.1) is 0 Å². The molecular formula is C16H17Br2NS. The zero-order valence-electron chi connectivity index (χ0n) is 11.5. The molecule has 106 valence electrons. The highest BCUT2D eigenvalue weighted by molar-refractivity contribution is 9.10. The molecule has 1 nitrogen and oxygen atoms in total. The number of rotatable bonds is 5. The van der Waals surface area contributed by atoms with Crippen LogP contribution in [0.3, 0.4) is 0 Å². The summed E-state index contributed by atoms with van der Waals surface area (Å²) in [6, 6.07) is 15.2. The third-order valence-corrected chi connectivity index (χ3v) is 5.03. The van der Waals surface area contributed by atoms with Crippen LogP contribution in [0.2, 0.25) is 0 Å². The van der Waals surface area contributed by atoms with Crippen LogP contribution in [0.1, 0.15) is 25.5 Å². The van der Waals surface area contributed by atoms with Gasteiger partial charge < -0.3 is 5.32 Å². The fraction of sp³-hybridized carbons (Fsp3) is 0.250. The quantitative estimate of drug-likeness (QED) is 0.640. The van der Waals surface area contributed by atoms with Crippen molar-refractivity contribution < 1.29 is 0 Å². The average Bonchev–Trinajstić information content (AvgIpc) is 2.39. The molecule has 0 amide bonds. The molecule has 0 radical (unpaired) electrons. The summed E-state index contributed by atoms with van der Waals surface area (Å²) in [5, 5.41) is 3.48. The summed E-state index contributed by atoms with van der Waals surface area (Å²) in [5.41, 5.74) is 1.33. The molecule has 2 aromatic carbocycles. The van der Waals surface area contributed by atoms with Gasteiger partial charge in [-0.05, 0) is 49.4 Å². The second-order valence-electron chi connectivity index (χ2n) is 4.52. The maximum Gasteiger partial charge on any atom is 0.0302 e. The number of halogens is 2. The van der Waals surface area contributed by atoms with Crippen LogP contribution in [0.25, 0.3) is 0 Å². The molecule has 0 aromatic heterocycles. The van der Waals surface area contributed by atoms with Gasteiger partial charge in [0.2, 0.25) is 0 Å². The molecule has 0 aliphatic heterocycles. The summed E-state index contributed by atoms with van der Waals surface area (Å²) in [6.07, 6.45) is 0. The Kier molecular flexibility index (Phi) is 6.15. The molecule has 0 bridgehead atoms. The second kappa shape index (κ2) is 7.64. The van der Waals surface area contributed by atoms with Gasteiger partial charge in [-0.15, -0.1) is 0 Å². The Hall–Kier alpha value is -0.290. The first-order valence-corrected chi connectivity index (χ1v) is 8.96. The van der Waals surface area contributed by atoms with Crippen LogP contribution < -0.4 is 5.32 Å². The minimum absolute atomic E-state index is 0.350. The van der Waals surface area contributed by atoms with Crippen molar-refractivity contribution in [3.05, 3.63) is 57.0 Å². The van der Waals surface area contributed by atoms with Crippen LogP contribution in [-0.2, 0) is 0 Å². The molecule has 4 heteroatoms. The normalized spacial score (nSPS) is 12.4. The molecular weight excluding hydrogens is 398 g/mol. The standard InChI is InChI=1S/C16H17Br2NS/c1-3-19-11(2)15-8-7-13(18)10-16(15)20-14-6-4-5-12(17)9-14/h4-11,19H,3H2,1-2H3. The van der Waals surface area contributed by atoms with E-state index in [-0.39, 0.29) is 0 Å². The van der Waals surface area contributed by atoms with E-state index >= 15 is 0 Å². The topological polar surface area (TPSA) is 12.0 Å². The van der Waals surface area contributed by atoms with Crippen LogP contribution in [-0.4, -0.2) is 6.54 Å². The maximum atomic E-state index is 3.57. The molecule has 0 saturated carbocycles. The van der Waals surface area contributed by atoms with Gasteiger partial charge in [0.05, 0.1) is 0 Å². The predicted molar refractivity (Wildman–Crippen MR) is 94.5 cm³/mol. The fourth-order valence-electron chi connectivity index (χ4n) is 2.03. The third kappa shape index (κ3) is 4.35. The first kappa shape index (κ1) is 16.1. The predicted octanol–water partition coefficient (Wildman–Crippen LogP) is 6.03. The summed E-state index contributed by atoms with van der Waals surface area (Å²) in [4.78, 5) is 2.52. The molecule has 20 heavy (non-hydrogen) atoms. The Morgan fingerprint density at radius 3 is 2.55 bits per heavy atom. The molecule has 0 saturated heterocycles. The molecule has 2 aromatic rings. The van der Waals surface area contributed by atoms with Crippen molar-refractivity contribution in [1.82, 2.24) is 5.32 Å². The Bertz CT molecular complexity index is 586. The van der Waals surface area contributed by atoms with Crippen molar-refractivity contribution in [3.63, 3.8) is 0 Å². The Labute approximate surface area is 141 Å². The molecule has 0 aliphatic carbocycles.